The van der Waals surface area contributed by atoms with Crippen LogP contribution in [0.25, 0.3) is 0 Å². The van der Waals surface area contributed by atoms with Gasteiger partial charge in [0.25, 0.3) is 0 Å². The van der Waals surface area contributed by atoms with Crippen molar-refractivity contribution in [1.82, 2.24) is 0 Å². The molecule has 0 saturated carbocycles. The van der Waals surface area contributed by atoms with E-state index in [0.29, 0.717) is 6.42 Å². The van der Waals surface area contributed by atoms with Gasteiger partial charge in [-0.15, -0.1) is 0 Å². The smallest absolute Gasteiger partial charge is 0.119 e. The van der Waals surface area contributed by atoms with E-state index < -0.39 is 6.17 Å². The zero-order valence-corrected chi connectivity index (χ0v) is 6.88. The molecule has 11 heavy (non-hydrogen) atoms. The summed E-state index contributed by atoms with van der Waals surface area (Å²) in [5.74, 6) is 1.05. The molecular weight excluding hydrogens is 143 g/mol. The first-order valence-corrected chi connectivity index (χ1v) is 3.80. The topological polar surface area (TPSA) is 9.23 Å². The highest BCUT2D eigenvalue weighted by atomic mass is 19.1. The van der Waals surface area contributed by atoms with Gasteiger partial charge in [-0.2, -0.15) is 0 Å². The van der Waals surface area contributed by atoms with E-state index in [1.807, 2.05) is 13.0 Å². The van der Waals surface area contributed by atoms with E-state index in [9.17, 15) is 4.39 Å². The minimum atomic E-state index is -0.825. The summed E-state index contributed by atoms with van der Waals surface area (Å²) in [5, 5.41) is 0. The Hall–Kier alpha value is -0.790. The number of halogens is 1. The second kappa shape index (κ2) is 3.56. The first kappa shape index (κ1) is 8.31. The van der Waals surface area contributed by atoms with Crippen LogP contribution in [-0.4, -0.2) is 13.3 Å². The number of alkyl halides is 1. The summed E-state index contributed by atoms with van der Waals surface area (Å²) in [5.41, 5.74) is 0. The average molecular weight is 156 g/mol. The summed E-state index contributed by atoms with van der Waals surface area (Å²) in [6.45, 7) is 1.97. The van der Waals surface area contributed by atoms with E-state index in [2.05, 4.69) is 0 Å². The molecule has 0 radical (unpaired) electrons. The number of hydrogen-bond acceptors (Lipinski definition) is 1. The summed E-state index contributed by atoms with van der Waals surface area (Å²) in [6, 6.07) is 0. The largest absolute Gasteiger partial charge is 0.501 e. The fourth-order valence-electron chi connectivity index (χ4n) is 1.24. The lowest BCUT2D eigenvalue weighted by Crippen LogP contribution is -2.06. The first-order valence-electron chi connectivity index (χ1n) is 3.80. The normalized spacial score (nSPS) is 31.0. The van der Waals surface area contributed by atoms with E-state index in [0.717, 1.165) is 5.76 Å². The highest BCUT2D eigenvalue weighted by Crippen LogP contribution is 2.22. The maximum absolute atomic E-state index is 12.8. The minimum absolute atomic E-state index is 0.185. The number of hydrogen-bond donors (Lipinski definition) is 0. The quantitative estimate of drug-likeness (QED) is 0.566. The molecule has 1 aliphatic carbocycles. The third-order valence-corrected chi connectivity index (χ3v) is 1.88. The number of rotatable bonds is 1. The molecule has 1 nitrogen and oxygen atoms in total. The highest BCUT2D eigenvalue weighted by molar-refractivity contribution is 5.14. The van der Waals surface area contributed by atoms with E-state index in [1.54, 1.807) is 19.3 Å². The van der Waals surface area contributed by atoms with Crippen LogP contribution in [-0.2, 0) is 4.74 Å². The standard InChI is InChI=1S/C9H13FO/c1-7-6-8(10)4-3-5-9(7)11-2/h3-5,7-8H,6H2,1-2H3. The van der Waals surface area contributed by atoms with Gasteiger partial charge < -0.3 is 4.74 Å². The van der Waals surface area contributed by atoms with Crippen molar-refractivity contribution >= 4 is 0 Å². The average Bonchev–Trinajstić information content (AvgIpc) is 2.11. The van der Waals surface area contributed by atoms with Crippen LogP contribution >= 0.6 is 0 Å². The van der Waals surface area contributed by atoms with Gasteiger partial charge in [-0.3, -0.25) is 0 Å². The SMILES string of the molecule is COC1=CC=CC(F)CC1C. The molecule has 1 aliphatic rings. The molecule has 62 valence electrons. The molecule has 0 spiro atoms. The molecule has 0 aromatic carbocycles. The molecular formula is C9H13FO. The molecule has 0 aromatic heterocycles. The highest BCUT2D eigenvalue weighted by Gasteiger charge is 2.15. The van der Waals surface area contributed by atoms with Crippen LogP contribution in [0.3, 0.4) is 0 Å². The molecule has 0 aliphatic heterocycles. The lowest BCUT2D eigenvalue weighted by atomic mass is 10.0. The third-order valence-electron chi connectivity index (χ3n) is 1.88. The molecule has 0 aromatic rings. The van der Waals surface area contributed by atoms with Gasteiger partial charge in [0.2, 0.25) is 0 Å². The molecule has 0 fully saturated rings. The van der Waals surface area contributed by atoms with E-state index in [-0.39, 0.29) is 5.92 Å². The lowest BCUT2D eigenvalue weighted by Gasteiger charge is -2.12. The fraction of sp³-hybridized carbons (Fsp3) is 0.556. The van der Waals surface area contributed by atoms with Crippen LogP contribution in [0.2, 0.25) is 0 Å². The lowest BCUT2D eigenvalue weighted by molar-refractivity contribution is 0.226. The molecule has 0 bridgehead atoms. The van der Waals surface area contributed by atoms with Crippen LogP contribution in [0.1, 0.15) is 13.3 Å². The zero-order valence-electron chi connectivity index (χ0n) is 6.88. The van der Waals surface area contributed by atoms with E-state index in [4.69, 9.17) is 4.74 Å². The Morgan fingerprint density at radius 3 is 3.00 bits per heavy atom. The Balaban J connectivity index is 2.67. The van der Waals surface area contributed by atoms with Gasteiger partial charge in [0.15, 0.2) is 0 Å². The maximum atomic E-state index is 12.8. The predicted octanol–water partition coefficient (Wildman–Crippen LogP) is 2.45. The van der Waals surface area contributed by atoms with Crippen molar-refractivity contribution in [3.63, 3.8) is 0 Å². The van der Waals surface area contributed by atoms with Gasteiger partial charge in [-0.05, 0) is 12.5 Å². The van der Waals surface area contributed by atoms with Crippen LogP contribution < -0.4 is 0 Å². The maximum Gasteiger partial charge on any atom is 0.119 e. The molecule has 1 rings (SSSR count). The van der Waals surface area contributed by atoms with Gasteiger partial charge >= 0.3 is 0 Å². The summed E-state index contributed by atoms with van der Waals surface area (Å²) in [7, 11) is 1.62. The number of ether oxygens (including phenoxy) is 1. The van der Waals surface area contributed by atoms with Gasteiger partial charge in [0, 0.05) is 5.92 Å². The van der Waals surface area contributed by atoms with Gasteiger partial charge in [-0.25, -0.2) is 4.39 Å². The fourth-order valence-corrected chi connectivity index (χ4v) is 1.24. The van der Waals surface area contributed by atoms with Crippen molar-refractivity contribution in [3.8, 4) is 0 Å². The van der Waals surface area contributed by atoms with Crippen molar-refractivity contribution in [2.45, 2.75) is 19.5 Å². The van der Waals surface area contributed by atoms with E-state index >= 15 is 0 Å². The third kappa shape index (κ3) is 2.07. The second-order valence-corrected chi connectivity index (χ2v) is 2.81. The van der Waals surface area contributed by atoms with Crippen molar-refractivity contribution in [2.75, 3.05) is 7.11 Å². The van der Waals surface area contributed by atoms with Crippen molar-refractivity contribution in [3.05, 3.63) is 24.0 Å². The Morgan fingerprint density at radius 1 is 1.64 bits per heavy atom. The summed E-state index contributed by atoms with van der Waals surface area (Å²) < 4.78 is 17.9. The minimum Gasteiger partial charge on any atom is -0.501 e. The Labute approximate surface area is 66.6 Å². The van der Waals surface area contributed by atoms with Crippen molar-refractivity contribution in [2.24, 2.45) is 5.92 Å². The van der Waals surface area contributed by atoms with Crippen LogP contribution in [0.15, 0.2) is 24.0 Å². The first-order chi connectivity index (χ1) is 5.24. The second-order valence-electron chi connectivity index (χ2n) is 2.81. The Kier molecular flexibility index (Phi) is 2.69. The summed E-state index contributed by atoms with van der Waals surface area (Å²) in [4.78, 5) is 0. The van der Waals surface area contributed by atoms with Crippen molar-refractivity contribution in [1.29, 1.82) is 0 Å². The molecule has 0 saturated heterocycles. The molecule has 0 amide bonds. The van der Waals surface area contributed by atoms with Crippen LogP contribution in [0.4, 0.5) is 4.39 Å². The predicted molar refractivity (Wildman–Crippen MR) is 42.9 cm³/mol. The van der Waals surface area contributed by atoms with Crippen LogP contribution in [0.5, 0.6) is 0 Å². The summed E-state index contributed by atoms with van der Waals surface area (Å²) >= 11 is 0. The molecule has 2 heteroatoms. The Morgan fingerprint density at radius 2 is 2.36 bits per heavy atom. The summed E-state index contributed by atoms with van der Waals surface area (Å²) in [6.07, 6.45) is 4.80. The van der Waals surface area contributed by atoms with Crippen molar-refractivity contribution < 1.29 is 9.13 Å². The molecule has 2 atom stereocenters. The van der Waals surface area contributed by atoms with Crippen LogP contribution in [0, 0.1) is 5.92 Å². The number of methoxy groups -OCH3 is 1. The zero-order chi connectivity index (χ0) is 8.27. The molecule has 0 heterocycles. The molecule has 2 unspecified atom stereocenters. The van der Waals surface area contributed by atoms with Gasteiger partial charge in [-0.1, -0.05) is 19.1 Å². The Bertz CT molecular complexity index is 184. The van der Waals surface area contributed by atoms with E-state index in [1.165, 1.54) is 0 Å². The van der Waals surface area contributed by atoms with Gasteiger partial charge in [0.05, 0.1) is 12.9 Å². The monoisotopic (exact) mass is 156 g/mol. The van der Waals surface area contributed by atoms with Gasteiger partial charge in [0.1, 0.15) is 6.17 Å². The molecule has 0 N–H and O–H groups in total. The number of allylic oxidation sites excluding steroid dienone is 4.